The second kappa shape index (κ2) is 9.55. The van der Waals surface area contributed by atoms with Crippen molar-refractivity contribution in [2.45, 2.75) is 65.2 Å². The van der Waals surface area contributed by atoms with Gasteiger partial charge in [-0.3, -0.25) is 0 Å². The van der Waals surface area contributed by atoms with Crippen molar-refractivity contribution < 1.29 is 0 Å². The van der Waals surface area contributed by atoms with Crippen LogP contribution >= 0.6 is 0 Å². The molecule has 1 aromatic carbocycles. The highest BCUT2D eigenvalue weighted by Crippen LogP contribution is 2.36. The van der Waals surface area contributed by atoms with Gasteiger partial charge in [-0.15, -0.1) is 0 Å². The van der Waals surface area contributed by atoms with E-state index in [2.05, 4.69) is 55.1 Å². The Morgan fingerprint density at radius 1 is 0.963 bits per heavy atom. The van der Waals surface area contributed by atoms with E-state index < -0.39 is 0 Å². The predicted octanol–water partition coefficient (Wildman–Crippen LogP) is 5.91. The van der Waals surface area contributed by atoms with Gasteiger partial charge in [-0.2, -0.15) is 5.26 Å². The van der Waals surface area contributed by atoms with E-state index in [9.17, 15) is 5.26 Å². The summed E-state index contributed by atoms with van der Waals surface area (Å²) >= 11 is 0. The van der Waals surface area contributed by atoms with Crippen LogP contribution in [0.3, 0.4) is 0 Å². The third kappa shape index (κ3) is 4.33. The van der Waals surface area contributed by atoms with E-state index in [1.165, 1.54) is 29.5 Å². The number of aromatic nitrogens is 1. The molecule has 142 valence electrons. The summed E-state index contributed by atoms with van der Waals surface area (Å²) < 4.78 is 0. The van der Waals surface area contributed by atoms with Crippen LogP contribution in [0.25, 0.3) is 11.3 Å². The Balaban J connectivity index is 2.15. The maximum absolute atomic E-state index is 10.0. The quantitative estimate of drug-likeness (QED) is 0.587. The van der Waals surface area contributed by atoms with Crippen LogP contribution in [-0.2, 0) is 12.8 Å². The summed E-state index contributed by atoms with van der Waals surface area (Å²) in [6.45, 7) is 6.40. The molecule has 0 radical (unpaired) electrons. The Kier molecular flexibility index (Phi) is 6.87. The normalized spacial score (nSPS) is 13.1. The molecule has 1 aliphatic rings. The number of fused-ring (bicyclic) bond motifs is 1. The second-order valence-corrected chi connectivity index (χ2v) is 7.50. The second-order valence-electron chi connectivity index (χ2n) is 7.50. The fraction of sp³-hybridized carbons (Fsp3) is 0.500. The Hall–Kier alpha value is -2.34. The zero-order valence-electron chi connectivity index (χ0n) is 16.8. The molecule has 1 heterocycles. The monoisotopic (exact) mass is 361 g/mol. The Morgan fingerprint density at radius 3 is 2.19 bits per heavy atom. The van der Waals surface area contributed by atoms with Crippen molar-refractivity contribution in [2.24, 2.45) is 0 Å². The minimum atomic E-state index is 0.830. The molecule has 1 aliphatic carbocycles. The van der Waals surface area contributed by atoms with Crippen molar-refractivity contribution in [2.75, 3.05) is 18.0 Å². The van der Waals surface area contributed by atoms with Crippen LogP contribution in [0.2, 0.25) is 0 Å². The molecule has 0 saturated heterocycles. The van der Waals surface area contributed by atoms with Crippen molar-refractivity contribution in [3.05, 3.63) is 47.0 Å². The number of benzene rings is 1. The van der Waals surface area contributed by atoms with Crippen molar-refractivity contribution >= 4 is 5.82 Å². The van der Waals surface area contributed by atoms with Gasteiger partial charge >= 0.3 is 0 Å². The number of pyridine rings is 1. The summed E-state index contributed by atoms with van der Waals surface area (Å²) in [4.78, 5) is 7.50. The van der Waals surface area contributed by atoms with E-state index in [0.29, 0.717) is 0 Å². The molecule has 1 aromatic heterocycles. The smallest absolute Gasteiger partial charge is 0.147 e. The number of nitrogens with zero attached hydrogens (tertiary/aromatic N) is 3. The fourth-order valence-corrected chi connectivity index (χ4v) is 4.01. The van der Waals surface area contributed by atoms with Crippen LogP contribution in [0.1, 0.15) is 69.1 Å². The number of hydrogen-bond acceptors (Lipinski definition) is 3. The number of unbranched alkanes of at least 4 members (excludes halogenated alkanes) is 2. The Labute approximate surface area is 164 Å². The van der Waals surface area contributed by atoms with Gasteiger partial charge in [0.05, 0.1) is 11.3 Å². The SMILES string of the molecule is CCCCN(CCCC)c1nc(-c2ccccc2)c2c(c1C#N)CCCC2. The van der Waals surface area contributed by atoms with Crippen LogP contribution in [0, 0.1) is 11.3 Å². The summed E-state index contributed by atoms with van der Waals surface area (Å²) in [6.07, 6.45) is 8.97. The summed E-state index contributed by atoms with van der Waals surface area (Å²) in [5.41, 5.74) is 5.66. The van der Waals surface area contributed by atoms with Gasteiger partial charge in [0, 0.05) is 18.7 Å². The van der Waals surface area contributed by atoms with Crippen molar-refractivity contribution in [1.82, 2.24) is 4.98 Å². The van der Waals surface area contributed by atoms with Crippen molar-refractivity contribution in [1.29, 1.82) is 5.26 Å². The maximum atomic E-state index is 10.0. The predicted molar refractivity (Wildman–Crippen MR) is 113 cm³/mol. The maximum Gasteiger partial charge on any atom is 0.147 e. The van der Waals surface area contributed by atoms with E-state index in [4.69, 9.17) is 4.98 Å². The Bertz CT molecular complexity index is 782. The summed E-state index contributed by atoms with van der Waals surface area (Å²) in [7, 11) is 0. The van der Waals surface area contributed by atoms with Gasteiger partial charge < -0.3 is 4.90 Å². The lowest BCUT2D eigenvalue weighted by Gasteiger charge is -2.29. The van der Waals surface area contributed by atoms with Crippen LogP contribution in [0.4, 0.5) is 5.82 Å². The van der Waals surface area contributed by atoms with Gasteiger partial charge in [-0.1, -0.05) is 57.0 Å². The first kappa shape index (κ1) is 19.4. The minimum Gasteiger partial charge on any atom is -0.355 e. The van der Waals surface area contributed by atoms with E-state index in [1.54, 1.807) is 0 Å². The number of anilines is 1. The largest absolute Gasteiger partial charge is 0.355 e. The molecule has 0 atom stereocenters. The van der Waals surface area contributed by atoms with Crippen LogP contribution in [0.5, 0.6) is 0 Å². The molecule has 3 rings (SSSR count). The zero-order chi connectivity index (χ0) is 19.1. The van der Waals surface area contributed by atoms with Crippen molar-refractivity contribution in [3.8, 4) is 17.3 Å². The lowest BCUT2D eigenvalue weighted by molar-refractivity contribution is 0.659. The molecule has 0 amide bonds. The molecule has 0 N–H and O–H groups in total. The third-order valence-electron chi connectivity index (χ3n) is 5.52. The average molecular weight is 362 g/mol. The minimum absolute atomic E-state index is 0.830. The van der Waals surface area contributed by atoms with Crippen LogP contribution in [-0.4, -0.2) is 18.1 Å². The van der Waals surface area contributed by atoms with Gasteiger partial charge in [0.1, 0.15) is 11.9 Å². The molecule has 0 saturated carbocycles. The van der Waals surface area contributed by atoms with E-state index in [1.807, 2.05) is 0 Å². The average Bonchev–Trinajstić information content (AvgIpc) is 2.73. The highest BCUT2D eigenvalue weighted by atomic mass is 15.2. The summed E-state index contributed by atoms with van der Waals surface area (Å²) in [5, 5.41) is 10.0. The van der Waals surface area contributed by atoms with Gasteiger partial charge in [-0.05, 0) is 49.7 Å². The molecule has 0 spiro atoms. The molecule has 0 bridgehead atoms. The summed E-state index contributed by atoms with van der Waals surface area (Å²) in [5.74, 6) is 0.916. The fourth-order valence-electron chi connectivity index (χ4n) is 4.01. The zero-order valence-corrected chi connectivity index (χ0v) is 16.8. The molecular weight excluding hydrogens is 330 g/mol. The van der Waals surface area contributed by atoms with E-state index >= 15 is 0 Å². The lowest BCUT2D eigenvalue weighted by Crippen LogP contribution is -2.28. The van der Waals surface area contributed by atoms with Gasteiger partial charge in [0.25, 0.3) is 0 Å². The molecule has 0 unspecified atom stereocenters. The first-order valence-corrected chi connectivity index (χ1v) is 10.6. The molecule has 3 heteroatoms. The molecule has 0 fully saturated rings. The standard InChI is InChI=1S/C24H31N3/c1-3-5-16-27(17-6-4-2)24-22(18-25)20-14-10-11-15-21(20)23(26-24)19-12-8-7-9-13-19/h7-9,12-13H,3-6,10-11,14-17H2,1-2H3. The van der Waals surface area contributed by atoms with E-state index in [-0.39, 0.29) is 0 Å². The molecular formula is C24H31N3. The molecule has 3 nitrogen and oxygen atoms in total. The number of hydrogen-bond donors (Lipinski definition) is 0. The highest BCUT2D eigenvalue weighted by molar-refractivity contribution is 5.72. The first-order chi connectivity index (χ1) is 13.3. The van der Waals surface area contributed by atoms with E-state index in [0.717, 1.165) is 68.7 Å². The van der Waals surface area contributed by atoms with Gasteiger partial charge in [0.15, 0.2) is 0 Å². The third-order valence-corrected chi connectivity index (χ3v) is 5.52. The van der Waals surface area contributed by atoms with Crippen LogP contribution < -0.4 is 4.90 Å². The summed E-state index contributed by atoms with van der Waals surface area (Å²) in [6, 6.07) is 13.0. The van der Waals surface area contributed by atoms with Gasteiger partial charge in [0.2, 0.25) is 0 Å². The van der Waals surface area contributed by atoms with Gasteiger partial charge in [-0.25, -0.2) is 4.98 Å². The Morgan fingerprint density at radius 2 is 1.59 bits per heavy atom. The lowest BCUT2D eigenvalue weighted by atomic mass is 9.86. The molecule has 2 aromatic rings. The highest BCUT2D eigenvalue weighted by Gasteiger charge is 2.25. The van der Waals surface area contributed by atoms with Crippen LogP contribution in [0.15, 0.2) is 30.3 Å². The number of nitriles is 1. The number of rotatable bonds is 8. The van der Waals surface area contributed by atoms with Crippen molar-refractivity contribution in [3.63, 3.8) is 0 Å². The first-order valence-electron chi connectivity index (χ1n) is 10.6. The molecule has 27 heavy (non-hydrogen) atoms. The molecule has 0 aliphatic heterocycles. The topological polar surface area (TPSA) is 39.9 Å².